The Morgan fingerprint density at radius 2 is 0.857 bits per heavy atom. The molecule has 0 saturated carbocycles. The van der Waals surface area contributed by atoms with Crippen LogP contribution < -0.4 is 4.90 Å². The van der Waals surface area contributed by atoms with Crippen molar-refractivity contribution in [2.45, 2.75) is 0 Å². The van der Waals surface area contributed by atoms with Crippen molar-refractivity contribution < 1.29 is 4.42 Å². The van der Waals surface area contributed by atoms with Gasteiger partial charge in [-0.1, -0.05) is 164 Å². The van der Waals surface area contributed by atoms with Crippen LogP contribution in [0.4, 0.5) is 17.1 Å². The fourth-order valence-corrected chi connectivity index (χ4v) is 8.53. The van der Waals surface area contributed by atoms with Crippen LogP contribution in [0.15, 0.2) is 217 Å². The van der Waals surface area contributed by atoms with Gasteiger partial charge in [0.25, 0.3) is 0 Å². The molecule has 1 heterocycles. The maximum Gasteiger partial charge on any atom is 0.143 e. The number of rotatable bonds is 6. The molecule has 0 saturated heterocycles. The summed E-state index contributed by atoms with van der Waals surface area (Å²) in [6.45, 7) is 0. The van der Waals surface area contributed by atoms with Crippen LogP contribution in [0.3, 0.4) is 0 Å². The summed E-state index contributed by atoms with van der Waals surface area (Å²) in [4.78, 5) is 2.39. The Morgan fingerprint density at radius 1 is 0.321 bits per heavy atom. The maximum atomic E-state index is 6.64. The van der Waals surface area contributed by atoms with Gasteiger partial charge in [-0.3, -0.25) is 0 Å². The molecular weight excluding hydrogens is 679 g/mol. The van der Waals surface area contributed by atoms with Gasteiger partial charge in [-0.2, -0.15) is 0 Å². The van der Waals surface area contributed by atoms with Gasteiger partial charge in [-0.05, 0) is 103 Å². The summed E-state index contributed by atoms with van der Waals surface area (Å²) in [7, 11) is 0. The van der Waals surface area contributed by atoms with Crippen LogP contribution in [0.1, 0.15) is 0 Å². The predicted octanol–water partition coefficient (Wildman–Crippen LogP) is 15.5. The fraction of sp³-hybridized carbons (Fsp3) is 0. The van der Waals surface area contributed by atoms with Crippen molar-refractivity contribution in [1.29, 1.82) is 0 Å². The van der Waals surface area contributed by atoms with Crippen LogP contribution in [0.25, 0.3) is 87.6 Å². The second kappa shape index (κ2) is 13.2. The topological polar surface area (TPSA) is 16.4 Å². The molecule has 2 nitrogen and oxygen atoms in total. The monoisotopic (exact) mass is 713 g/mol. The lowest BCUT2D eigenvalue weighted by atomic mass is 9.93. The summed E-state index contributed by atoms with van der Waals surface area (Å²) < 4.78 is 6.64. The molecule has 2 heteroatoms. The molecule has 262 valence electrons. The minimum atomic E-state index is 0.892. The lowest BCUT2D eigenvalue weighted by Crippen LogP contribution is -2.11. The Labute approximate surface area is 325 Å². The Balaban J connectivity index is 1.08. The molecule has 10 aromatic carbocycles. The highest BCUT2D eigenvalue weighted by Gasteiger charge is 2.22. The van der Waals surface area contributed by atoms with Gasteiger partial charge >= 0.3 is 0 Å². The highest BCUT2D eigenvalue weighted by atomic mass is 16.3. The van der Waals surface area contributed by atoms with E-state index >= 15 is 0 Å². The van der Waals surface area contributed by atoms with Crippen molar-refractivity contribution in [3.8, 4) is 33.4 Å². The van der Waals surface area contributed by atoms with Crippen molar-refractivity contribution >= 4 is 71.3 Å². The quantitative estimate of drug-likeness (QED) is 0.160. The van der Waals surface area contributed by atoms with Crippen LogP contribution in [0, 0.1) is 0 Å². The normalized spacial score (nSPS) is 11.6. The number of hydrogen-bond donors (Lipinski definition) is 0. The first-order valence-electron chi connectivity index (χ1n) is 19.2. The fourth-order valence-electron chi connectivity index (χ4n) is 8.53. The summed E-state index contributed by atoms with van der Waals surface area (Å²) >= 11 is 0. The average Bonchev–Trinajstić information content (AvgIpc) is 3.67. The molecule has 0 amide bonds. The van der Waals surface area contributed by atoms with E-state index in [1.807, 2.05) is 6.07 Å². The molecule has 11 rings (SSSR count). The van der Waals surface area contributed by atoms with Gasteiger partial charge in [-0.25, -0.2) is 0 Å². The van der Waals surface area contributed by atoms with Crippen LogP contribution >= 0.6 is 0 Å². The molecule has 0 N–H and O–H groups in total. The third kappa shape index (κ3) is 5.34. The minimum Gasteiger partial charge on any atom is -0.455 e. The summed E-state index contributed by atoms with van der Waals surface area (Å²) in [6.07, 6.45) is 0. The van der Waals surface area contributed by atoms with E-state index in [1.54, 1.807) is 0 Å². The second-order valence-electron chi connectivity index (χ2n) is 14.5. The van der Waals surface area contributed by atoms with Crippen LogP contribution in [0.5, 0.6) is 0 Å². The zero-order valence-corrected chi connectivity index (χ0v) is 30.6. The van der Waals surface area contributed by atoms with Gasteiger partial charge in [0, 0.05) is 33.1 Å². The zero-order chi connectivity index (χ0) is 37.0. The molecule has 0 unspecified atom stereocenters. The largest absolute Gasteiger partial charge is 0.455 e. The van der Waals surface area contributed by atoms with E-state index in [4.69, 9.17) is 4.42 Å². The van der Waals surface area contributed by atoms with Crippen LogP contribution in [0.2, 0.25) is 0 Å². The van der Waals surface area contributed by atoms with Crippen LogP contribution in [-0.2, 0) is 0 Å². The standard InChI is InChI=1S/C54H35NO/c1-2-12-36(13-3-1)37-24-29-43(30-25-37)55(44-31-26-38(27-32-44)40-28-33-46-42(34-40)23-22-39-14-4-6-16-45(39)46)51-20-10-8-18-48(51)50-35-41-15-5-7-17-47(41)54-53(50)49-19-9-11-21-52(49)56-54/h1-35H. The molecule has 0 aliphatic carbocycles. The molecule has 0 aliphatic rings. The van der Waals surface area contributed by atoms with Crippen LogP contribution in [-0.4, -0.2) is 0 Å². The second-order valence-corrected chi connectivity index (χ2v) is 14.5. The molecule has 0 fully saturated rings. The van der Waals surface area contributed by atoms with Crippen molar-refractivity contribution in [3.05, 3.63) is 212 Å². The van der Waals surface area contributed by atoms with E-state index in [9.17, 15) is 0 Å². The molecule has 0 radical (unpaired) electrons. The van der Waals surface area contributed by atoms with E-state index in [2.05, 4.69) is 211 Å². The molecule has 56 heavy (non-hydrogen) atoms. The SMILES string of the molecule is c1ccc(-c2ccc(N(c3ccc(-c4ccc5c(ccc6ccccc65)c4)cc3)c3ccccc3-c3cc4ccccc4c4oc5ccccc5c34)cc2)cc1. The average molecular weight is 714 g/mol. The summed E-state index contributed by atoms with van der Waals surface area (Å²) in [5.41, 5.74) is 12.1. The van der Waals surface area contributed by atoms with E-state index < -0.39 is 0 Å². The maximum absolute atomic E-state index is 6.64. The zero-order valence-electron chi connectivity index (χ0n) is 30.6. The van der Waals surface area contributed by atoms with Gasteiger partial charge in [0.15, 0.2) is 0 Å². The highest BCUT2D eigenvalue weighted by Crippen LogP contribution is 2.47. The van der Waals surface area contributed by atoms with Crippen molar-refractivity contribution in [1.82, 2.24) is 0 Å². The summed E-state index contributed by atoms with van der Waals surface area (Å²) in [6, 6.07) is 76.5. The number of nitrogens with zero attached hydrogens (tertiary/aromatic N) is 1. The highest BCUT2D eigenvalue weighted by molar-refractivity contribution is 6.22. The number of benzene rings is 10. The minimum absolute atomic E-state index is 0.892. The number of hydrogen-bond acceptors (Lipinski definition) is 2. The molecular formula is C54H35NO. The van der Waals surface area contributed by atoms with E-state index in [0.29, 0.717) is 0 Å². The Kier molecular flexibility index (Phi) is 7.53. The van der Waals surface area contributed by atoms with E-state index in [1.165, 1.54) is 43.8 Å². The van der Waals surface area contributed by atoms with Crippen molar-refractivity contribution in [2.75, 3.05) is 4.90 Å². The molecule has 0 atom stereocenters. The molecule has 0 bridgehead atoms. The Morgan fingerprint density at radius 3 is 1.64 bits per heavy atom. The number of para-hydroxylation sites is 2. The number of fused-ring (bicyclic) bond motifs is 8. The lowest BCUT2D eigenvalue weighted by Gasteiger charge is -2.28. The molecule has 1 aromatic heterocycles. The van der Waals surface area contributed by atoms with Gasteiger partial charge in [0.2, 0.25) is 0 Å². The molecule has 11 aromatic rings. The predicted molar refractivity (Wildman–Crippen MR) is 237 cm³/mol. The van der Waals surface area contributed by atoms with Gasteiger partial charge in [0.05, 0.1) is 5.69 Å². The first-order chi connectivity index (χ1) is 27.8. The van der Waals surface area contributed by atoms with Gasteiger partial charge < -0.3 is 9.32 Å². The van der Waals surface area contributed by atoms with Gasteiger partial charge in [-0.15, -0.1) is 0 Å². The lowest BCUT2D eigenvalue weighted by molar-refractivity contribution is 0.673. The third-order valence-corrected chi connectivity index (χ3v) is 11.2. The Bertz CT molecular complexity index is 3230. The van der Waals surface area contributed by atoms with Crippen molar-refractivity contribution in [3.63, 3.8) is 0 Å². The molecule has 0 aliphatic heterocycles. The number of anilines is 3. The summed E-state index contributed by atoms with van der Waals surface area (Å²) in [5.74, 6) is 0. The number of furan rings is 1. The van der Waals surface area contributed by atoms with Crippen molar-refractivity contribution in [2.24, 2.45) is 0 Å². The third-order valence-electron chi connectivity index (χ3n) is 11.2. The Hall–Kier alpha value is -7.42. The first-order valence-corrected chi connectivity index (χ1v) is 19.2. The smallest absolute Gasteiger partial charge is 0.143 e. The first kappa shape index (κ1) is 32.0. The molecule has 0 spiro atoms. The van der Waals surface area contributed by atoms with E-state index in [-0.39, 0.29) is 0 Å². The van der Waals surface area contributed by atoms with E-state index in [0.717, 1.165) is 60.9 Å². The van der Waals surface area contributed by atoms with Gasteiger partial charge in [0.1, 0.15) is 11.2 Å². The summed E-state index contributed by atoms with van der Waals surface area (Å²) in [5, 5.41) is 9.58.